The second kappa shape index (κ2) is 4.23. The summed E-state index contributed by atoms with van der Waals surface area (Å²) in [6.07, 6.45) is -4.61. The van der Waals surface area contributed by atoms with Crippen LogP contribution in [0.3, 0.4) is 0 Å². The van der Waals surface area contributed by atoms with Gasteiger partial charge in [0.2, 0.25) is 5.91 Å². The van der Waals surface area contributed by atoms with Crippen molar-refractivity contribution in [1.29, 1.82) is 5.26 Å². The zero-order chi connectivity index (χ0) is 12.3. The van der Waals surface area contributed by atoms with Crippen LogP contribution >= 0.6 is 0 Å². The Balaban J connectivity index is 3.35. The molecule has 6 heteroatoms. The SMILES string of the molecule is N#CC(C(N)=O)c1ccccc1C(F)(F)F. The molecule has 0 aliphatic rings. The lowest BCUT2D eigenvalue weighted by atomic mass is 9.94. The molecular formula is C10H7F3N2O. The number of hydrogen-bond acceptors (Lipinski definition) is 2. The van der Waals surface area contributed by atoms with Crippen LogP contribution in [0.4, 0.5) is 13.2 Å². The average Bonchev–Trinajstić information content (AvgIpc) is 2.17. The third-order valence-electron chi connectivity index (χ3n) is 1.99. The molecule has 0 aromatic heterocycles. The molecule has 0 aliphatic heterocycles. The van der Waals surface area contributed by atoms with Crippen LogP contribution in [0.25, 0.3) is 0 Å². The molecular weight excluding hydrogens is 221 g/mol. The van der Waals surface area contributed by atoms with E-state index in [9.17, 15) is 18.0 Å². The van der Waals surface area contributed by atoms with Crippen molar-refractivity contribution in [3.63, 3.8) is 0 Å². The van der Waals surface area contributed by atoms with Gasteiger partial charge in [-0.15, -0.1) is 0 Å². The van der Waals surface area contributed by atoms with E-state index in [0.717, 1.165) is 12.1 Å². The molecule has 0 saturated carbocycles. The van der Waals surface area contributed by atoms with E-state index < -0.39 is 29.1 Å². The van der Waals surface area contributed by atoms with Gasteiger partial charge in [0.1, 0.15) is 0 Å². The molecule has 16 heavy (non-hydrogen) atoms. The quantitative estimate of drug-likeness (QED) is 0.838. The van der Waals surface area contributed by atoms with Crippen LogP contribution in [-0.4, -0.2) is 5.91 Å². The van der Waals surface area contributed by atoms with Gasteiger partial charge < -0.3 is 5.73 Å². The molecule has 0 bridgehead atoms. The summed E-state index contributed by atoms with van der Waals surface area (Å²) >= 11 is 0. The van der Waals surface area contributed by atoms with Crippen molar-refractivity contribution in [3.05, 3.63) is 35.4 Å². The predicted octanol–water partition coefficient (Wildman–Crippen LogP) is 1.80. The molecule has 3 nitrogen and oxygen atoms in total. The molecule has 1 atom stereocenters. The minimum atomic E-state index is -4.61. The van der Waals surface area contributed by atoms with Crippen molar-refractivity contribution in [2.45, 2.75) is 12.1 Å². The number of hydrogen-bond donors (Lipinski definition) is 1. The lowest BCUT2D eigenvalue weighted by Crippen LogP contribution is -2.23. The zero-order valence-electron chi connectivity index (χ0n) is 7.95. The Bertz CT molecular complexity index is 448. The Morgan fingerprint density at radius 3 is 2.38 bits per heavy atom. The highest BCUT2D eigenvalue weighted by Crippen LogP contribution is 2.34. The van der Waals surface area contributed by atoms with Crippen LogP contribution in [0, 0.1) is 11.3 Å². The molecule has 84 valence electrons. The molecule has 1 aromatic rings. The van der Waals surface area contributed by atoms with Gasteiger partial charge in [0.15, 0.2) is 5.92 Å². The van der Waals surface area contributed by atoms with Gasteiger partial charge in [-0.3, -0.25) is 4.79 Å². The predicted molar refractivity (Wildman–Crippen MR) is 49.0 cm³/mol. The van der Waals surface area contributed by atoms with Crippen LogP contribution < -0.4 is 5.73 Å². The first-order valence-electron chi connectivity index (χ1n) is 4.23. The highest BCUT2D eigenvalue weighted by atomic mass is 19.4. The number of benzene rings is 1. The van der Waals surface area contributed by atoms with E-state index in [1.54, 1.807) is 0 Å². The fourth-order valence-electron chi connectivity index (χ4n) is 1.29. The van der Waals surface area contributed by atoms with E-state index in [1.807, 2.05) is 0 Å². The van der Waals surface area contributed by atoms with Crippen LogP contribution in [0.5, 0.6) is 0 Å². The third-order valence-corrected chi connectivity index (χ3v) is 1.99. The monoisotopic (exact) mass is 228 g/mol. The molecule has 1 amide bonds. The summed E-state index contributed by atoms with van der Waals surface area (Å²) in [6.45, 7) is 0. The summed E-state index contributed by atoms with van der Waals surface area (Å²) in [5.41, 5.74) is 3.44. The summed E-state index contributed by atoms with van der Waals surface area (Å²) in [5.74, 6) is -2.68. The lowest BCUT2D eigenvalue weighted by Gasteiger charge is -2.14. The lowest BCUT2D eigenvalue weighted by molar-refractivity contribution is -0.138. The van der Waals surface area contributed by atoms with Crippen molar-refractivity contribution in [2.24, 2.45) is 5.73 Å². The van der Waals surface area contributed by atoms with Gasteiger partial charge in [-0.25, -0.2) is 0 Å². The Kier molecular flexibility index (Phi) is 3.18. The van der Waals surface area contributed by atoms with Crippen LogP contribution in [0.15, 0.2) is 24.3 Å². The second-order valence-corrected chi connectivity index (χ2v) is 3.05. The number of alkyl halides is 3. The van der Waals surface area contributed by atoms with E-state index in [-0.39, 0.29) is 0 Å². The van der Waals surface area contributed by atoms with Crippen LogP contribution in [0.2, 0.25) is 0 Å². The van der Waals surface area contributed by atoms with Crippen molar-refractivity contribution < 1.29 is 18.0 Å². The van der Waals surface area contributed by atoms with Crippen molar-refractivity contribution in [3.8, 4) is 6.07 Å². The Hall–Kier alpha value is -2.03. The summed E-state index contributed by atoms with van der Waals surface area (Å²) in [4.78, 5) is 10.8. The van der Waals surface area contributed by atoms with E-state index in [2.05, 4.69) is 0 Å². The first kappa shape index (κ1) is 12.0. The number of halogens is 3. The van der Waals surface area contributed by atoms with E-state index >= 15 is 0 Å². The summed E-state index contributed by atoms with van der Waals surface area (Å²) in [5, 5.41) is 8.62. The number of primary amides is 1. The van der Waals surface area contributed by atoms with Gasteiger partial charge in [-0.2, -0.15) is 18.4 Å². The first-order chi connectivity index (χ1) is 7.38. The standard InChI is InChI=1S/C10H7F3N2O/c11-10(12,13)8-4-2-1-3-6(8)7(5-14)9(15)16/h1-4,7H,(H2,15,16). The highest BCUT2D eigenvalue weighted by Gasteiger charge is 2.36. The van der Waals surface area contributed by atoms with Gasteiger partial charge in [-0.1, -0.05) is 18.2 Å². The van der Waals surface area contributed by atoms with Crippen molar-refractivity contribution in [2.75, 3.05) is 0 Å². The summed E-state index contributed by atoms with van der Waals surface area (Å²) in [6, 6.07) is 5.83. The average molecular weight is 228 g/mol. The number of nitrogens with zero attached hydrogens (tertiary/aromatic N) is 1. The molecule has 0 radical (unpaired) electrons. The Labute approximate surface area is 89.3 Å². The molecule has 0 spiro atoms. The molecule has 0 fully saturated rings. The first-order valence-corrected chi connectivity index (χ1v) is 4.23. The highest BCUT2D eigenvalue weighted by molar-refractivity contribution is 5.85. The van der Waals surface area contributed by atoms with E-state index in [0.29, 0.717) is 0 Å². The van der Waals surface area contributed by atoms with E-state index in [4.69, 9.17) is 11.0 Å². The third kappa shape index (κ3) is 2.31. The topological polar surface area (TPSA) is 66.9 Å². The van der Waals surface area contributed by atoms with Crippen molar-refractivity contribution in [1.82, 2.24) is 0 Å². The van der Waals surface area contributed by atoms with Gasteiger partial charge in [0, 0.05) is 0 Å². The van der Waals surface area contributed by atoms with Gasteiger partial charge in [0.25, 0.3) is 0 Å². The number of carbonyl (C=O) groups excluding carboxylic acids is 1. The molecule has 2 N–H and O–H groups in total. The number of nitriles is 1. The van der Waals surface area contributed by atoms with Gasteiger partial charge in [0.05, 0.1) is 11.6 Å². The maximum absolute atomic E-state index is 12.5. The van der Waals surface area contributed by atoms with E-state index in [1.165, 1.54) is 18.2 Å². The molecule has 1 aromatic carbocycles. The number of amides is 1. The smallest absolute Gasteiger partial charge is 0.368 e. The fourth-order valence-corrected chi connectivity index (χ4v) is 1.29. The minimum absolute atomic E-state index is 0.412. The van der Waals surface area contributed by atoms with Gasteiger partial charge >= 0.3 is 6.18 Å². The second-order valence-electron chi connectivity index (χ2n) is 3.05. The molecule has 0 saturated heterocycles. The number of nitrogens with two attached hydrogens (primary N) is 1. The molecule has 1 rings (SSSR count). The Morgan fingerprint density at radius 1 is 1.38 bits per heavy atom. The largest absolute Gasteiger partial charge is 0.416 e. The number of carbonyl (C=O) groups is 1. The summed E-state index contributed by atoms with van der Waals surface area (Å²) < 4.78 is 37.6. The number of rotatable bonds is 2. The molecule has 0 heterocycles. The fraction of sp³-hybridized carbons (Fsp3) is 0.200. The van der Waals surface area contributed by atoms with Crippen molar-refractivity contribution >= 4 is 5.91 Å². The maximum Gasteiger partial charge on any atom is 0.416 e. The van der Waals surface area contributed by atoms with Crippen LogP contribution in [0.1, 0.15) is 17.0 Å². The normalized spacial score (nSPS) is 12.9. The zero-order valence-corrected chi connectivity index (χ0v) is 7.95. The Morgan fingerprint density at radius 2 is 1.94 bits per heavy atom. The van der Waals surface area contributed by atoms with Gasteiger partial charge in [-0.05, 0) is 11.6 Å². The minimum Gasteiger partial charge on any atom is -0.368 e. The van der Waals surface area contributed by atoms with Crippen LogP contribution in [-0.2, 0) is 11.0 Å². The molecule has 1 unspecified atom stereocenters. The summed E-state index contributed by atoms with van der Waals surface area (Å²) in [7, 11) is 0. The molecule has 0 aliphatic carbocycles. The maximum atomic E-state index is 12.5.